The second-order valence-electron chi connectivity index (χ2n) is 5.96. The Kier molecular flexibility index (Phi) is 6.07. The van der Waals surface area contributed by atoms with Crippen LogP contribution in [-0.4, -0.2) is 25.2 Å². The maximum absolute atomic E-state index is 11.7. The van der Waals surface area contributed by atoms with E-state index in [-0.39, 0.29) is 18.1 Å². The molecule has 0 bridgehead atoms. The van der Waals surface area contributed by atoms with Gasteiger partial charge in [-0.15, -0.1) is 0 Å². The zero-order chi connectivity index (χ0) is 15.9. The molecule has 1 unspecified atom stereocenters. The van der Waals surface area contributed by atoms with Crippen LogP contribution in [0, 0.1) is 0 Å². The molecule has 1 amide bonds. The molecular formula is C17H26N2O3. The van der Waals surface area contributed by atoms with Crippen molar-refractivity contribution in [1.29, 1.82) is 0 Å². The summed E-state index contributed by atoms with van der Waals surface area (Å²) in [5.74, 6) is 1.52. The summed E-state index contributed by atoms with van der Waals surface area (Å²) in [4.78, 5) is 11.7. The summed E-state index contributed by atoms with van der Waals surface area (Å²) in [5, 5.41) is 2.89. The van der Waals surface area contributed by atoms with Gasteiger partial charge in [-0.25, -0.2) is 0 Å². The Hall–Kier alpha value is -1.75. The second-order valence-corrected chi connectivity index (χ2v) is 5.96. The molecule has 3 N–H and O–H groups in total. The van der Waals surface area contributed by atoms with Gasteiger partial charge in [-0.05, 0) is 44.7 Å². The van der Waals surface area contributed by atoms with Gasteiger partial charge in [0.25, 0.3) is 0 Å². The minimum Gasteiger partial charge on any atom is -0.497 e. The summed E-state index contributed by atoms with van der Waals surface area (Å²) in [5.41, 5.74) is 6.60. The van der Waals surface area contributed by atoms with Crippen molar-refractivity contribution in [3.8, 4) is 11.5 Å². The smallest absolute Gasteiger partial charge is 0.221 e. The number of hydrogen-bond donors (Lipinski definition) is 2. The third-order valence-electron chi connectivity index (χ3n) is 3.85. The highest BCUT2D eigenvalue weighted by Gasteiger charge is 2.18. The number of carbonyl (C=O) groups is 1. The van der Waals surface area contributed by atoms with Gasteiger partial charge in [0.15, 0.2) is 0 Å². The predicted octanol–water partition coefficient (Wildman–Crippen LogP) is 2.37. The molecule has 0 aromatic heterocycles. The number of nitrogens with one attached hydrogen (secondary N) is 1. The molecule has 1 aliphatic carbocycles. The summed E-state index contributed by atoms with van der Waals surface area (Å²) < 4.78 is 11.4. The fourth-order valence-corrected chi connectivity index (χ4v) is 2.66. The zero-order valence-electron chi connectivity index (χ0n) is 13.4. The summed E-state index contributed by atoms with van der Waals surface area (Å²) in [6, 6.07) is 5.58. The Balaban J connectivity index is 2.03. The molecule has 2 rings (SSSR count). The van der Waals surface area contributed by atoms with Crippen molar-refractivity contribution in [2.75, 3.05) is 7.11 Å². The molecule has 1 saturated carbocycles. The summed E-state index contributed by atoms with van der Waals surface area (Å²) in [6.07, 6.45) is 5.21. The predicted molar refractivity (Wildman–Crippen MR) is 86.0 cm³/mol. The van der Waals surface area contributed by atoms with Gasteiger partial charge in [-0.1, -0.05) is 0 Å². The molecule has 5 nitrogen and oxygen atoms in total. The van der Waals surface area contributed by atoms with Crippen LogP contribution in [0.2, 0.25) is 0 Å². The van der Waals surface area contributed by atoms with Gasteiger partial charge in [0, 0.05) is 30.6 Å². The van der Waals surface area contributed by atoms with Crippen molar-refractivity contribution in [1.82, 2.24) is 5.32 Å². The third-order valence-corrected chi connectivity index (χ3v) is 3.85. The molecule has 1 fully saturated rings. The Morgan fingerprint density at radius 3 is 2.77 bits per heavy atom. The number of ether oxygens (including phenoxy) is 2. The van der Waals surface area contributed by atoms with Gasteiger partial charge in [0.05, 0.1) is 13.2 Å². The minimum absolute atomic E-state index is 0.0439. The number of methoxy groups -OCH3 is 1. The topological polar surface area (TPSA) is 73.6 Å². The number of hydrogen-bond acceptors (Lipinski definition) is 4. The van der Waals surface area contributed by atoms with Gasteiger partial charge in [0.1, 0.15) is 11.5 Å². The molecule has 22 heavy (non-hydrogen) atoms. The first-order chi connectivity index (χ1) is 10.6. The van der Waals surface area contributed by atoms with Gasteiger partial charge in [-0.2, -0.15) is 0 Å². The Bertz CT molecular complexity index is 497. The molecule has 0 aliphatic heterocycles. The first kappa shape index (κ1) is 16.6. The summed E-state index contributed by atoms with van der Waals surface area (Å²) in [6.45, 7) is 2.26. The van der Waals surface area contributed by atoms with Crippen molar-refractivity contribution in [2.24, 2.45) is 5.73 Å². The number of benzene rings is 1. The van der Waals surface area contributed by atoms with Crippen molar-refractivity contribution in [3.63, 3.8) is 0 Å². The van der Waals surface area contributed by atoms with Gasteiger partial charge >= 0.3 is 0 Å². The van der Waals surface area contributed by atoms with Crippen molar-refractivity contribution >= 4 is 5.91 Å². The van der Waals surface area contributed by atoms with Crippen LogP contribution in [0.1, 0.15) is 44.6 Å². The standard InChI is InChI=1S/C17H26N2O3/c1-12(18)9-17(20)19-11-13-7-8-15(21-2)10-16(13)22-14-5-3-4-6-14/h7-8,10,12,14H,3-6,9,11,18H2,1-2H3,(H,19,20). The lowest BCUT2D eigenvalue weighted by atomic mass is 10.1. The molecule has 0 spiro atoms. The van der Waals surface area contributed by atoms with E-state index < -0.39 is 0 Å². The largest absolute Gasteiger partial charge is 0.497 e. The van der Waals surface area contributed by atoms with E-state index in [0.717, 1.165) is 29.9 Å². The lowest BCUT2D eigenvalue weighted by molar-refractivity contribution is -0.121. The van der Waals surface area contributed by atoms with E-state index in [9.17, 15) is 4.79 Å². The minimum atomic E-state index is -0.134. The van der Waals surface area contributed by atoms with Crippen LogP contribution in [0.25, 0.3) is 0 Å². The van der Waals surface area contributed by atoms with Crippen molar-refractivity contribution in [2.45, 2.75) is 57.7 Å². The molecule has 122 valence electrons. The average molecular weight is 306 g/mol. The fraction of sp³-hybridized carbons (Fsp3) is 0.588. The van der Waals surface area contributed by atoms with E-state index in [4.69, 9.17) is 15.2 Å². The summed E-state index contributed by atoms with van der Waals surface area (Å²) >= 11 is 0. The molecule has 0 saturated heterocycles. The lowest BCUT2D eigenvalue weighted by Gasteiger charge is -2.18. The molecule has 0 heterocycles. The lowest BCUT2D eigenvalue weighted by Crippen LogP contribution is -2.29. The highest BCUT2D eigenvalue weighted by molar-refractivity contribution is 5.76. The highest BCUT2D eigenvalue weighted by atomic mass is 16.5. The third kappa shape index (κ3) is 4.91. The fourth-order valence-electron chi connectivity index (χ4n) is 2.66. The number of nitrogens with two attached hydrogens (primary N) is 1. The number of carbonyl (C=O) groups excluding carboxylic acids is 1. The summed E-state index contributed by atoms with van der Waals surface area (Å²) in [7, 11) is 1.64. The van der Waals surface area contributed by atoms with Crippen LogP contribution in [-0.2, 0) is 11.3 Å². The normalized spacial score (nSPS) is 16.3. The van der Waals surface area contributed by atoms with E-state index in [0.29, 0.717) is 13.0 Å². The molecule has 1 aliphatic rings. The van der Waals surface area contributed by atoms with E-state index in [1.165, 1.54) is 12.8 Å². The van der Waals surface area contributed by atoms with Crippen LogP contribution in [0.3, 0.4) is 0 Å². The van der Waals surface area contributed by atoms with Crippen molar-refractivity contribution < 1.29 is 14.3 Å². The van der Waals surface area contributed by atoms with E-state index in [1.807, 2.05) is 25.1 Å². The molecule has 0 radical (unpaired) electrons. The van der Waals surface area contributed by atoms with Crippen molar-refractivity contribution in [3.05, 3.63) is 23.8 Å². The van der Waals surface area contributed by atoms with Crippen LogP contribution in [0.5, 0.6) is 11.5 Å². The van der Waals surface area contributed by atoms with Crippen LogP contribution in [0.15, 0.2) is 18.2 Å². The van der Waals surface area contributed by atoms with Gasteiger partial charge in [-0.3, -0.25) is 4.79 Å². The SMILES string of the molecule is COc1ccc(CNC(=O)CC(C)N)c(OC2CCCC2)c1. The highest BCUT2D eigenvalue weighted by Crippen LogP contribution is 2.29. The quantitative estimate of drug-likeness (QED) is 0.811. The van der Waals surface area contributed by atoms with Gasteiger partial charge < -0.3 is 20.5 Å². The maximum Gasteiger partial charge on any atom is 0.221 e. The average Bonchev–Trinajstić information content (AvgIpc) is 2.98. The van der Waals surface area contributed by atoms with E-state index >= 15 is 0 Å². The molecule has 5 heteroatoms. The van der Waals surface area contributed by atoms with E-state index in [2.05, 4.69) is 5.32 Å². The Labute approximate surface area is 132 Å². The van der Waals surface area contributed by atoms with Crippen LogP contribution < -0.4 is 20.5 Å². The Morgan fingerprint density at radius 2 is 2.14 bits per heavy atom. The van der Waals surface area contributed by atoms with Crippen LogP contribution in [0.4, 0.5) is 0 Å². The van der Waals surface area contributed by atoms with Crippen LogP contribution >= 0.6 is 0 Å². The number of rotatable bonds is 7. The number of amides is 1. The van der Waals surface area contributed by atoms with Gasteiger partial charge in [0.2, 0.25) is 5.91 Å². The molecular weight excluding hydrogens is 280 g/mol. The Morgan fingerprint density at radius 1 is 1.41 bits per heavy atom. The maximum atomic E-state index is 11.7. The second kappa shape index (κ2) is 8.03. The first-order valence-corrected chi connectivity index (χ1v) is 7.94. The molecule has 1 atom stereocenters. The molecule has 1 aromatic rings. The van der Waals surface area contributed by atoms with E-state index in [1.54, 1.807) is 7.11 Å². The first-order valence-electron chi connectivity index (χ1n) is 7.94. The monoisotopic (exact) mass is 306 g/mol. The molecule has 1 aromatic carbocycles. The zero-order valence-corrected chi connectivity index (χ0v) is 13.4.